The van der Waals surface area contributed by atoms with Crippen molar-refractivity contribution in [3.63, 3.8) is 0 Å². The van der Waals surface area contributed by atoms with Gasteiger partial charge in [-0.25, -0.2) is 4.68 Å². The van der Waals surface area contributed by atoms with Crippen LogP contribution in [0.3, 0.4) is 0 Å². The molecule has 130 valence electrons. The average molecular weight is 339 g/mol. The molecule has 1 amide bonds. The van der Waals surface area contributed by atoms with E-state index in [1.54, 1.807) is 24.1 Å². The number of carbonyl (C=O) groups excluding carboxylic acids is 1. The summed E-state index contributed by atoms with van der Waals surface area (Å²) in [5, 5.41) is 11.6. The normalized spacial score (nSPS) is 10.7. The molecule has 2 heterocycles. The minimum absolute atomic E-state index is 0.281. The molecule has 7 heteroatoms. The number of methoxy groups -OCH3 is 1. The first-order valence-electron chi connectivity index (χ1n) is 7.97. The fraction of sp³-hybridized carbons (Fsp3) is 0.278. The summed E-state index contributed by atoms with van der Waals surface area (Å²) in [5.74, 6) is 0.331. The van der Waals surface area contributed by atoms with Crippen LogP contribution in [-0.4, -0.2) is 32.6 Å². The molecule has 0 radical (unpaired) electrons. The molecule has 7 nitrogen and oxygen atoms in total. The van der Waals surface area contributed by atoms with E-state index >= 15 is 0 Å². The maximum absolute atomic E-state index is 12.5. The highest BCUT2D eigenvalue weighted by atomic mass is 16.5. The molecule has 0 bridgehead atoms. The van der Waals surface area contributed by atoms with Gasteiger partial charge in [-0.2, -0.15) is 10.2 Å². The number of ether oxygens (including phenoxy) is 1. The first-order chi connectivity index (χ1) is 12.0. The molecule has 2 aromatic heterocycles. The van der Waals surface area contributed by atoms with Gasteiger partial charge in [-0.3, -0.25) is 9.48 Å². The summed E-state index contributed by atoms with van der Waals surface area (Å²) in [5.41, 5.74) is 3.99. The monoisotopic (exact) mass is 339 g/mol. The average Bonchev–Trinajstić information content (AvgIpc) is 3.15. The van der Waals surface area contributed by atoms with Crippen molar-refractivity contribution in [2.75, 3.05) is 12.4 Å². The molecule has 1 N–H and O–H groups in total. The lowest BCUT2D eigenvalue weighted by atomic mass is 10.2. The molecule has 0 unspecified atom stereocenters. The third-order valence-corrected chi connectivity index (χ3v) is 3.86. The molecule has 25 heavy (non-hydrogen) atoms. The van der Waals surface area contributed by atoms with Crippen LogP contribution in [-0.2, 0) is 6.67 Å². The van der Waals surface area contributed by atoms with E-state index in [2.05, 4.69) is 15.5 Å². The maximum atomic E-state index is 12.5. The molecular formula is C18H21N5O2. The van der Waals surface area contributed by atoms with Gasteiger partial charge in [-0.15, -0.1) is 0 Å². The lowest BCUT2D eigenvalue weighted by Crippen LogP contribution is -2.16. The van der Waals surface area contributed by atoms with Crippen molar-refractivity contribution < 1.29 is 9.53 Å². The lowest BCUT2D eigenvalue weighted by molar-refractivity contribution is 0.102. The minimum atomic E-state index is -0.281. The van der Waals surface area contributed by atoms with Crippen molar-refractivity contribution in [3.8, 4) is 5.75 Å². The Hall–Kier alpha value is -3.09. The summed E-state index contributed by atoms with van der Waals surface area (Å²) in [6.45, 7) is 6.35. The number of amides is 1. The van der Waals surface area contributed by atoms with Gasteiger partial charge in [-0.05, 0) is 50.6 Å². The van der Waals surface area contributed by atoms with Gasteiger partial charge < -0.3 is 10.1 Å². The number of benzene rings is 1. The van der Waals surface area contributed by atoms with E-state index in [0.717, 1.165) is 17.0 Å². The van der Waals surface area contributed by atoms with Crippen LogP contribution in [0.4, 0.5) is 5.69 Å². The van der Waals surface area contributed by atoms with Crippen molar-refractivity contribution in [1.82, 2.24) is 19.6 Å². The van der Waals surface area contributed by atoms with Gasteiger partial charge in [0.15, 0.2) is 5.69 Å². The van der Waals surface area contributed by atoms with Crippen LogP contribution in [0.5, 0.6) is 5.75 Å². The number of rotatable bonds is 5. The van der Waals surface area contributed by atoms with E-state index in [1.807, 2.05) is 49.7 Å². The van der Waals surface area contributed by atoms with E-state index < -0.39 is 0 Å². The van der Waals surface area contributed by atoms with E-state index in [1.165, 1.54) is 0 Å². The van der Waals surface area contributed by atoms with E-state index in [-0.39, 0.29) is 5.91 Å². The zero-order valence-electron chi connectivity index (χ0n) is 14.8. The Morgan fingerprint density at radius 3 is 2.64 bits per heavy atom. The number of aromatic nitrogens is 4. The Kier molecular flexibility index (Phi) is 4.56. The van der Waals surface area contributed by atoms with Gasteiger partial charge in [-0.1, -0.05) is 6.07 Å². The molecule has 0 aliphatic carbocycles. The zero-order valence-corrected chi connectivity index (χ0v) is 14.8. The Bertz CT molecular complexity index is 910. The predicted molar refractivity (Wildman–Crippen MR) is 95.0 cm³/mol. The largest absolute Gasteiger partial charge is 0.495 e. The molecule has 0 spiro atoms. The highest BCUT2D eigenvalue weighted by Crippen LogP contribution is 2.25. The van der Waals surface area contributed by atoms with E-state index in [4.69, 9.17) is 4.74 Å². The summed E-state index contributed by atoms with van der Waals surface area (Å²) < 4.78 is 8.81. The van der Waals surface area contributed by atoms with Gasteiger partial charge in [0.05, 0.1) is 18.5 Å². The molecule has 3 rings (SSSR count). The summed E-state index contributed by atoms with van der Waals surface area (Å²) in [6, 6.07) is 9.30. The van der Waals surface area contributed by atoms with Crippen molar-refractivity contribution in [2.45, 2.75) is 27.4 Å². The minimum Gasteiger partial charge on any atom is -0.495 e. The lowest BCUT2D eigenvalue weighted by Gasteiger charge is -2.10. The first kappa shape index (κ1) is 16.8. The molecule has 1 aromatic carbocycles. The number of hydrogen-bond acceptors (Lipinski definition) is 4. The standard InChI is InChI=1S/C18H21N5O2/c1-12-5-6-17(25-4)16(9-12)19-18(24)15-7-8-22(21-15)11-23-14(3)10-13(2)20-23/h5-10H,11H2,1-4H3,(H,19,24). The molecule has 0 aliphatic rings. The molecule has 0 saturated carbocycles. The van der Waals surface area contributed by atoms with Crippen LogP contribution in [0.2, 0.25) is 0 Å². The fourth-order valence-corrected chi connectivity index (χ4v) is 2.62. The zero-order chi connectivity index (χ0) is 18.0. The van der Waals surface area contributed by atoms with Crippen molar-refractivity contribution in [1.29, 1.82) is 0 Å². The molecule has 0 fully saturated rings. The van der Waals surface area contributed by atoms with E-state index in [0.29, 0.717) is 23.8 Å². The van der Waals surface area contributed by atoms with Gasteiger partial charge in [0.25, 0.3) is 5.91 Å². The highest BCUT2D eigenvalue weighted by molar-refractivity contribution is 6.03. The van der Waals surface area contributed by atoms with Crippen LogP contribution in [0, 0.1) is 20.8 Å². The fourth-order valence-electron chi connectivity index (χ4n) is 2.62. The third kappa shape index (κ3) is 3.71. The summed E-state index contributed by atoms with van der Waals surface area (Å²) in [7, 11) is 1.57. The summed E-state index contributed by atoms with van der Waals surface area (Å²) in [4.78, 5) is 12.5. The number of nitrogens with zero attached hydrogens (tertiary/aromatic N) is 4. The molecule has 3 aromatic rings. The number of aryl methyl sites for hydroxylation is 3. The Morgan fingerprint density at radius 1 is 1.16 bits per heavy atom. The van der Waals surface area contributed by atoms with Crippen molar-refractivity contribution in [3.05, 3.63) is 59.2 Å². The van der Waals surface area contributed by atoms with Crippen LogP contribution < -0.4 is 10.1 Å². The second kappa shape index (κ2) is 6.80. The van der Waals surface area contributed by atoms with Gasteiger partial charge in [0.1, 0.15) is 12.4 Å². The first-order valence-corrected chi connectivity index (χ1v) is 7.97. The van der Waals surface area contributed by atoms with Crippen LogP contribution in [0.1, 0.15) is 27.4 Å². The molecule has 0 saturated heterocycles. The van der Waals surface area contributed by atoms with Crippen LogP contribution in [0.25, 0.3) is 0 Å². The SMILES string of the molecule is COc1ccc(C)cc1NC(=O)c1ccn(Cn2nc(C)cc2C)n1. The topological polar surface area (TPSA) is 74.0 Å². The quantitative estimate of drug-likeness (QED) is 0.776. The number of hydrogen-bond donors (Lipinski definition) is 1. The molecule has 0 aliphatic heterocycles. The van der Waals surface area contributed by atoms with Gasteiger partial charge in [0, 0.05) is 11.9 Å². The van der Waals surface area contributed by atoms with Gasteiger partial charge in [0.2, 0.25) is 0 Å². The Morgan fingerprint density at radius 2 is 1.96 bits per heavy atom. The Labute approximate surface area is 146 Å². The van der Waals surface area contributed by atoms with E-state index in [9.17, 15) is 4.79 Å². The molecule has 0 atom stereocenters. The summed E-state index contributed by atoms with van der Waals surface area (Å²) >= 11 is 0. The third-order valence-electron chi connectivity index (χ3n) is 3.86. The maximum Gasteiger partial charge on any atom is 0.276 e. The second-order valence-corrected chi connectivity index (χ2v) is 5.97. The van der Waals surface area contributed by atoms with Crippen LogP contribution >= 0.6 is 0 Å². The second-order valence-electron chi connectivity index (χ2n) is 5.97. The highest BCUT2D eigenvalue weighted by Gasteiger charge is 2.13. The van der Waals surface area contributed by atoms with Gasteiger partial charge >= 0.3 is 0 Å². The van der Waals surface area contributed by atoms with Crippen molar-refractivity contribution >= 4 is 11.6 Å². The predicted octanol–water partition coefficient (Wildman–Crippen LogP) is 2.77. The summed E-state index contributed by atoms with van der Waals surface area (Å²) in [6.07, 6.45) is 1.76. The molecular weight excluding hydrogens is 318 g/mol. The number of nitrogens with one attached hydrogen (secondary N) is 1. The van der Waals surface area contributed by atoms with Crippen LogP contribution in [0.15, 0.2) is 36.5 Å². The van der Waals surface area contributed by atoms with Crippen molar-refractivity contribution in [2.24, 2.45) is 0 Å². The Balaban J connectivity index is 1.75. The number of carbonyl (C=O) groups is 1. The number of anilines is 1. The smallest absolute Gasteiger partial charge is 0.276 e.